The van der Waals surface area contributed by atoms with Crippen LogP contribution in [0.1, 0.15) is 39.5 Å². The van der Waals surface area contributed by atoms with Gasteiger partial charge in [0.2, 0.25) is 0 Å². The number of hydrogen-bond acceptors (Lipinski definition) is 5. The molecule has 136 valence electrons. The molecule has 24 heavy (non-hydrogen) atoms. The van der Waals surface area contributed by atoms with Crippen LogP contribution in [-0.2, 0) is 19.1 Å². The van der Waals surface area contributed by atoms with Gasteiger partial charge in [-0.25, -0.2) is 0 Å². The van der Waals surface area contributed by atoms with E-state index in [9.17, 15) is 9.59 Å². The van der Waals surface area contributed by atoms with Crippen LogP contribution in [0.25, 0.3) is 0 Å². The summed E-state index contributed by atoms with van der Waals surface area (Å²) in [6, 6.07) is 0. The summed E-state index contributed by atoms with van der Waals surface area (Å²) >= 11 is 0. The van der Waals surface area contributed by atoms with Crippen molar-refractivity contribution < 1.29 is 24.2 Å². The van der Waals surface area contributed by atoms with Gasteiger partial charge in [0.05, 0.1) is 25.6 Å². The van der Waals surface area contributed by atoms with E-state index < -0.39 is 0 Å². The van der Waals surface area contributed by atoms with E-state index in [1.807, 2.05) is 0 Å². The third-order valence-corrected chi connectivity index (χ3v) is 7.11. The van der Waals surface area contributed by atoms with Crippen LogP contribution in [0.15, 0.2) is 0 Å². The molecule has 0 aromatic rings. The predicted molar refractivity (Wildman–Crippen MR) is 87.8 cm³/mol. The number of ether oxygens (including phenoxy) is 2. The Hall–Kier alpha value is -1.10. The second kappa shape index (κ2) is 7.03. The average Bonchev–Trinajstić information content (AvgIpc) is 3.26. The zero-order valence-corrected chi connectivity index (χ0v) is 14.9. The Morgan fingerprint density at radius 2 is 1.50 bits per heavy atom. The summed E-state index contributed by atoms with van der Waals surface area (Å²) in [6.45, 7) is 4.30. The summed E-state index contributed by atoms with van der Waals surface area (Å²) in [5.41, 5.74) is 0. The molecular formula is C19H30O5. The van der Waals surface area contributed by atoms with Gasteiger partial charge in [0.15, 0.2) is 0 Å². The Bertz CT molecular complexity index is 490. The average molecular weight is 338 g/mol. The number of aliphatic hydroxyl groups excluding tert-OH is 1. The van der Waals surface area contributed by atoms with Crippen molar-refractivity contribution in [2.45, 2.75) is 39.5 Å². The van der Waals surface area contributed by atoms with Gasteiger partial charge in [-0.15, -0.1) is 0 Å². The van der Waals surface area contributed by atoms with Gasteiger partial charge in [0.25, 0.3) is 0 Å². The van der Waals surface area contributed by atoms with Gasteiger partial charge in [0, 0.05) is 0 Å². The molecule has 2 bridgehead atoms. The molecule has 3 rings (SSSR count). The van der Waals surface area contributed by atoms with Crippen LogP contribution in [0, 0.1) is 47.3 Å². The SMILES string of the molecule is CCC1CC(CC)C2C3CC(C(C(=O)OC)C3C(=O)OCCO)C12. The van der Waals surface area contributed by atoms with E-state index in [0.29, 0.717) is 23.7 Å². The molecule has 0 amide bonds. The first-order valence-electron chi connectivity index (χ1n) is 9.44. The molecule has 0 heterocycles. The molecule has 5 nitrogen and oxygen atoms in total. The second-order valence-corrected chi connectivity index (χ2v) is 7.76. The number of carbonyl (C=O) groups excluding carboxylic acids is 2. The molecule has 3 saturated carbocycles. The third kappa shape index (κ3) is 2.56. The van der Waals surface area contributed by atoms with Gasteiger partial charge in [-0.2, -0.15) is 0 Å². The summed E-state index contributed by atoms with van der Waals surface area (Å²) < 4.78 is 10.3. The molecule has 8 unspecified atom stereocenters. The minimum Gasteiger partial charge on any atom is -0.469 e. The summed E-state index contributed by atoms with van der Waals surface area (Å²) in [6.07, 6.45) is 4.46. The smallest absolute Gasteiger partial charge is 0.310 e. The number of aliphatic hydroxyl groups is 1. The first-order valence-corrected chi connectivity index (χ1v) is 9.44. The van der Waals surface area contributed by atoms with Gasteiger partial charge < -0.3 is 14.6 Å². The fourth-order valence-electron chi connectivity index (χ4n) is 6.43. The zero-order chi connectivity index (χ0) is 17.4. The van der Waals surface area contributed by atoms with Crippen molar-refractivity contribution in [1.29, 1.82) is 0 Å². The molecule has 0 aromatic heterocycles. The Labute approximate surface area is 144 Å². The first-order chi connectivity index (χ1) is 11.6. The van der Waals surface area contributed by atoms with Crippen LogP contribution in [0.5, 0.6) is 0 Å². The largest absolute Gasteiger partial charge is 0.469 e. The minimum atomic E-state index is -0.389. The van der Waals surface area contributed by atoms with Crippen LogP contribution in [0.4, 0.5) is 0 Å². The molecular weight excluding hydrogens is 308 g/mol. The van der Waals surface area contributed by atoms with E-state index >= 15 is 0 Å². The highest BCUT2D eigenvalue weighted by molar-refractivity contribution is 5.84. The fraction of sp³-hybridized carbons (Fsp3) is 0.895. The molecule has 1 N–H and O–H groups in total. The summed E-state index contributed by atoms with van der Waals surface area (Å²) in [5.74, 6) is 1.56. The van der Waals surface area contributed by atoms with E-state index in [0.717, 1.165) is 19.3 Å². The van der Waals surface area contributed by atoms with E-state index in [1.165, 1.54) is 13.5 Å². The molecule has 5 heteroatoms. The number of rotatable bonds is 6. The Morgan fingerprint density at radius 3 is 1.96 bits per heavy atom. The summed E-state index contributed by atoms with van der Waals surface area (Å²) in [7, 11) is 1.41. The maximum absolute atomic E-state index is 12.6. The lowest BCUT2D eigenvalue weighted by Crippen LogP contribution is -2.44. The van der Waals surface area contributed by atoms with Crippen LogP contribution in [0.2, 0.25) is 0 Å². The van der Waals surface area contributed by atoms with E-state index in [4.69, 9.17) is 14.6 Å². The molecule has 3 aliphatic rings. The highest BCUT2D eigenvalue weighted by Crippen LogP contribution is 2.67. The number of fused-ring (bicyclic) bond motifs is 5. The minimum absolute atomic E-state index is 0.00347. The van der Waals surface area contributed by atoms with Crippen molar-refractivity contribution in [2.24, 2.45) is 47.3 Å². The van der Waals surface area contributed by atoms with Gasteiger partial charge in [-0.3, -0.25) is 9.59 Å². The second-order valence-electron chi connectivity index (χ2n) is 7.76. The van der Waals surface area contributed by atoms with Crippen LogP contribution in [-0.4, -0.2) is 37.4 Å². The van der Waals surface area contributed by atoms with Crippen molar-refractivity contribution in [2.75, 3.05) is 20.3 Å². The van der Waals surface area contributed by atoms with Crippen LogP contribution in [0.3, 0.4) is 0 Å². The monoisotopic (exact) mass is 338 g/mol. The molecule has 0 saturated heterocycles. The Balaban J connectivity index is 1.90. The maximum Gasteiger partial charge on any atom is 0.310 e. The third-order valence-electron chi connectivity index (χ3n) is 7.11. The highest BCUT2D eigenvalue weighted by Gasteiger charge is 2.67. The first kappa shape index (κ1) is 17.7. The van der Waals surface area contributed by atoms with Crippen molar-refractivity contribution in [3.8, 4) is 0 Å². The van der Waals surface area contributed by atoms with Crippen molar-refractivity contribution in [3.63, 3.8) is 0 Å². The van der Waals surface area contributed by atoms with Crippen molar-refractivity contribution in [1.82, 2.24) is 0 Å². The molecule has 8 atom stereocenters. The molecule has 0 radical (unpaired) electrons. The van der Waals surface area contributed by atoms with E-state index in [-0.39, 0.29) is 48.8 Å². The standard InChI is InChI=1S/C19H30O5/c1-4-10-8-11(5-2)15-13-9-12(14(10)15)16(18(21)23-3)17(13)19(22)24-7-6-20/h10-17,20H,4-9H2,1-3H3. The van der Waals surface area contributed by atoms with Gasteiger partial charge in [-0.05, 0) is 48.3 Å². The maximum atomic E-state index is 12.6. The van der Waals surface area contributed by atoms with Crippen molar-refractivity contribution >= 4 is 11.9 Å². The molecule has 3 fully saturated rings. The van der Waals surface area contributed by atoms with Gasteiger partial charge in [0.1, 0.15) is 6.61 Å². The molecule has 0 spiro atoms. The lowest BCUT2D eigenvalue weighted by Gasteiger charge is -2.38. The molecule has 0 aromatic carbocycles. The van der Waals surface area contributed by atoms with Crippen LogP contribution < -0.4 is 0 Å². The quantitative estimate of drug-likeness (QED) is 0.752. The fourth-order valence-corrected chi connectivity index (χ4v) is 6.43. The zero-order valence-electron chi connectivity index (χ0n) is 14.9. The predicted octanol–water partition coefficient (Wildman–Crippen LogP) is 2.27. The topological polar surface area (TPSA) is 72.8 Å². The lowest BCUT2D eigenvalue weighted by atomic mass is 9.65. The van der Waals surface area contributed by atoms with Gasteiger partial charge >= 0.3 is 11.9 Å². The van der Waals surface area contributed by atoms with E-state index in [2.05, 4.69) is 13.8 Å². The molecule has 0 aliphatic heterocycles. The highest BCUT2D eigenvalue weighted by atomic mass is 16.5. The van der Waals surface area contributed by atoms with E-state index in [1.54, 1.807) is 0 Å². The summed E-state index contributed by atoms with van der Waals surface area (Å²) in [5, 5.41) is 8.94. The molecule has 3 aliphatic carbocycles. The number of esters is 2. The lowest BCUT2D eigenvalue weighted by molar-refractivity contribution is -0.165. The number of hydrogen-bond donors (Lipinski definition) is 1. The number of carbonyl (C=O) groups is 2. The Kier molecular flexibility index (Phi) is 5.19. The normalized spacial score (nSPS) is 42.8. The van der Waals surface area contributed by atoms with Gasteiger partial charge in [-0.1, -0.05) is 26.7 Å². The number of methoxy groups -OCH3 is 1. The Morgan fingerprint density at radius 1 is 0.958 bits per heavy atom. The van der Waals surface area contributed by atoms with Crippen molar-refractivity contribution in [3.05, 3.63) is 0 Å². The summed E-state index contributed by atoms with van der Waals surface area (Å²) in [4.78, 5) is 25.1. The van der Waals surface area contributed by atoms with Crippen LogP contribution >= 0.6 is 0 Å².